The van der Waals surface area contributed by atoms with Crippen LogP contribution in [0.5, 0.6) is 0 Å². The molecule has 1 heterocycles. The van der Waals surface area contributed by atoms with E-state index in [-0.39, 0.29) is 6.61 Å². The molecule has 0 saturated heterocycles. The second-order valence-electron chi connectivity index (χ2n) is 5.67. The van der Waals surface area contributed by atoms with Gasteiger partial charge in [-0.25, -0.2) is 0 Å². The molecule has 120 valence electrons. The Morgan fingerprint density at radius 2 is 2.05 bits per heavy atom. The molecule has 7 heteroatoms. The summed E-state index contributed by atoms with van der Waals surface area (Å²) in [6, 6.07) is 1.87. The molecule has 0 radical (unpaired) electrons. The third-order valence-electron chi connectivity index (χ3n) is 3.68. The van der Waals surface area contributed by atoms with Gasteiger partial charge in [0.25, 0.3) is 0 Å². The van der Waals surface area contributed by atoms with Crippen molar-refractivity contribution in [3.8, 4) is 0 Å². The van der Waals surface area contributed by atoms with Crippen molar-refractivity contribution in [1.82, 2.24) is 9.78 Å². The lowest BCUT2D eigenvalue weighted by Gasteiger charge is -2.21. The highest BCUT2D eigenvalue weighted by Gasteiger charge is 2.27. The Labute approximate surface area is 122 Å². The molecule has 0 aliphatic heterocycles. The lowest BCUT2D eigenvalue weighted by Crippen LogP contribution is -2.31. The van der Waals surface area contributed by atoms with E-state index in [1.54, 1.807) is 0 Å². The normalized spacial score (nSPS) is 18.9. The summed E-state index contributed by atoms with van der Waals surface area (Å²) < 4.78 is 42.4. The maximum Gasteiger partial charge on any atom is 0.411 e. The topological polar surface area (TPSA) is 53.1 Å². The summed E-state index contributed by atoms with van der Waals surface area (Å²) >= 11 is 0. The molecule has 1 aromatic heterocycles. The predicted octanol–water partition coefficient (Wildman–Crippen LogP) is 2.84. The molecule has 0 bridgehead atoms. The maximum atomic E-state index is 12.0. The van der Waals surface area contributed by atoms with Gasteiger partial charge in [-0.2, -0.15) is 18.3 Å². The molecule has 1 fully saturated rings. The number of hydrogen-bond acceptors (Lipinski definition) is 3. The second kappa shape index (κ2) is 7.26. The number of rotatable bonds is 6. The van der Waals surface area contributed by atoms with Crippen molar-refractivity contribution in [2.45, 2.75) is 56.8 Å². The number of nitrogens with two attached hydrogens (primary N) is 1. The van der Waals surface area contributed by atoms with E-state index in [0.717, 1.165) is 18.5 Å². The van der Waals surface area contributed by atoms with E-state index in [9.17, 15) is 13.2 Å². The van der Waals surface area contributed by atoms with Crippen LogP contribution in [0.4, 0.5) is 13.2 Å². The Morgan fingerprint density at radius 3 is 2.71 bits per heavy atom. The van der Waals surface area contributed by atoms with Crippen LogP contribution < -0.4 is 5.73 Å². The Balaban J connectivity index is 1.76. The van der Waals surface area contributed by atoms with Crippen molar-refractivity contribution < 1.29 is 17.9 Å². The van der Waals surface area contributed by atoms with Gasteiger partial charge in [0.1, 0.15) is 6.61 Å². The van der Waals surface area contributed by atoms with Gasteiger partial charge in [-0.1, -0.05) is 19.3 Å². The van der Waals surface area contributed by atoms with Crippen LogP contribution in [0.2, 0.25) is 0 Å². The average Bonchev–Trinajstić information content (AvgIpc) is 2.86. The van der Waals surface area contributed by atoms with Gasteiger partial charge in [0, 0.05) is 18.7 Å². The molecule has 4 nitrogen and oxygen atoms in total. The number of ether oxygens (including phenoxy) is 1. The predicted molar refractivity (Wildman–Crippen MR) is 72.9 cm³/mol. The van der Waals surface area contributed by atoms with E-state index >= 15 is 0 Å². The Morgan fingerprint density at radius 1 is 1.33 bits per heavy atom. The van der Waals surface area contributed by atoms with Crippen molar-refractivity contribution in [3.63, 3.8) is 0 Å². The van der Waals surface area contributed by atoms with Crippen LogP contribution in [0.1, 0.15) is 43.8 Å². The first-order valence-electron chi connectivity index (χ1n) is 7.38. The molecule has 1 aromatic rings. The minimum atomic E-state index is -4.30. The van der Waals surface area contributed by atoms with Crippen LogP contribution in [0.15, 0.2) is 12.3 Å². The molecule has 0 spiro atoms. The van der Waals surface area contributed by atoms with Crippen molar-refractivity contribution >= 4 is 0 Å². The van der Waals surface area contributed by atoms with Gasteiger partial charge in [-0.05, 0) is 18.9 Å². The first-order valence-corrected chi connectivity index (χ1v) is 7.38. The van der Waals surface area contributed by atoms with E-state index in [4.69, 9.17) is 5.73 Å². The largest absolute Gasteiger partial charge is 0.411 e. The fourth-order valence-electron chi connectivity index (χ4n) is 2.69. The Kier molecular flexibility index (Phi) is 5.64. The van der Waals surface area contributed by atoms with Gasteiger partial charge < -0.3 is 10.5 Å². The molecule has 1 atom stereocenters. The molecule has 2 rings (SSSR count). The highest BCUT2D eigenvalue weighted by atomic mass is 19.4. The number of aromatic nitrogens is 2. The van der Waals surface area contributed by atoms with Crippen LogP contribution in [0.3, 0.4) is 0 Å². The highest BCUT2D eigenvalue weighted by molar-refractivity contribution is 5.02. The van der Waals surface area contributed by atoms with Crippen LogP contribution in [-0.4, -0.2) is 35.2 Å². The van der Waals surface area contributed by atoms with E-state index in [1.807, 2.05) is 16.9 Å². The summed E-state index contributed by atoms with van der Waals surface area (Å²) in [6.45, 7) is -1.37. The molecule has 1 saturated carbocycles. The number of nitrogens with zero attached hydrogens (tertiary/aromatic N) is 2. The van der Waals surface area contributed by atoms with E-state index in [0.29, 0.717) is 12.5 Å². The van der Waals surface area contributed by atoms with E-state index in [1.165, 1.54) is 19.3 Å². The van der Waals surface area contributed by atoms with Crippen LogP contribution >= 0.6 is 0 Å². The summed E-state index contributed by atoms with van der Waals surface area (Å²) in [7, 11) is 0. The third-order valence-corrected chi connectivity index (χ3v) is 3.68. The molecule has 1 aliphatic rings. The lowest BCUT2D eigenvalue weighted by molar-refractivity contribution is -0.174. The number of alkyl halides is 3. The van der Waals surface area contributed by atoms with Crippen LogP contribution in [0.25, 0.3) is 0 Å². The summed E-state index contributed by atoms with van der Waals surface area (Å²) in [5, 5.41) is 4.49. The molecular formula is C14H22F3N3O. The summed E-state index contributed by atoms with van der Waals surface area (Å²) in [4.78, 5) is 0. The quantitative estimate of drug-likeness (QED) is 0.879. The lowest BCUT2D eigenvalue weighted by atomic mass is 9.96. The fraction of sp³-hybridized carbons (Fsp3) is 0.786. The molecule has 1 aliphatic carbocycles. The van der Waals surface area contributed by atoms with Crippen LogP contribution in [0, 0.1) is 0 Å². The van der Waals surface area contributed by atoms with E-state index in [2.05, 4.69) is 9.84 Å². The van der Waals surface area contributed by atoms with Gasteiger partial charge in [-0.15, -0.1) is 0 Å². The minimum absolute atomic E-state index is 0.115. The summed E-state index contributed by atoms with van der Waals surface area (Å²) in [5.41, 5.74) is 6.59. The zero-order valence-electron chi connectivity index (χ0n) is 12.0. The van der Waals surface area contributed by atoms with Crippen molar-refractivity contribution in [2.75, 3.05) is 13.2 Å². The van der Waals surface area contributed by atoms with Gasteiger partial charge in [-0.3, -0.25) is 4.68 Å². The summed E-state index contributed by atoms with van der Waals surface area (Å²) in [5.74, 6) is 0. The summed E-state index contributed by atoms with van der Waals surface area (Å²) in [6.07, 6.45) is 4.08. The zero-order valence-corrected chi connectivity index (χ0v) is 12.0. The Hall–Kier alpha value is -1.08. The number of hydrogen-bond donors (Lipinski definition) is 1. The monoisotopic (exact) mass is 305 g/mol. The number of halogens is 3. The Bertz CT molecular complexity index is 427. The molecule has 0 aromatic carbocycles. The molecule has 1 unspecified atom stereocenters. The highest BCUT2D eigenvalue weighted by Crippen LogP contribution is 2.27. The van der Waals surface area contributed by atoms with Gasteiger partial charge in [0.05, 0.1) is 18.3 Å². The molecular weight excluding hydrogens is 283 g/mol. The van der Waals surface area contributed by atoms with Crippen molar-refractivity contribution in [3.05, 3.63) is 18.0 Å². The average molecular weight is 305 g/mol. The van der Waals surface area contributed by atoms with E-state index < -0.39 is 18.8 Å². The minimum Gasteiger partial charge on any atom is -0.370 e. The first kappa shape index (κ1) is 16.3. The van der Waals surface area contributed by atoms with Crippen molar-refractivity contribution in [2.24, 2.45) is 5.73 Å². The van der Waals surface area contributed by atoms with Gasteiger partial charge in [0.15, 0.2) is 0 Å². The fourth-order valence-corrected chi connectivity index (χ4v) is 2.69. The first-order chi connectivity index (χ1) is 9.94. The van der Waals surface area contributed by atoms with Gasteiger partial charge >= 0.3 is 6.18 Å². The van der Waals surface area contributed by atoms with Crippen LogP contribution in [-0.2, 0) is 11.2 Å². The zero-order chi connectivity index (χ0) is 15.3. The van der Waals surface area contributed by atoms with Gasteiger partial charge in [0.2, 0.25) is 0 Å². The molecule has 21 heavy (non-hydrogen) atoms. The standard InChI is InChI=1S/C14H22F3N3O/c15-14(16,17)10-21-9-11(18)8-12-6-7-20(19-12)13-4-2-1-3-5-13/h6-7,11,13H,1-5,8-10,18H2. The SMILES string of the molecule is NC(COCC(F)(F)F)Cc1ccn(C2CCCCC2)n1. The maximum absolute atomic E-state index is 12.0. The third kappa shape index (κ3) is 5.67. The smallest absolute Gasteiger partial charge is 0.370 e. The van der Waals surface area contributed by atoms with Crippen molar-refractivity contribution in [1.29, 1.82) is 0 Å². The second-order valence-corrected chi connectivity index (χ2v) is 5.67. The molecule has 0 amide bonds. The molecule has 2 N–H and O–H groups in total.